The van der Waals surface area contributed by atoms with Gasteiger partial charge in [-0.1, -0.05) is 32.4 Å². The van der Waals surface area contributed by atoms with Crippen LogP contribution in [0.3, 0.4) is 0 Å². The van der Waals surface area contributed by atoms with E-state index in [1.165, 1.54) is 51.4 Å². The molecule has 0 aromatic rings. The molecule has 0 aromatic heterocycles. The maximum atomic E-state index is 6.14. The molecule has 0 bridgehead atoms. The number of rotatable bonds is 5. The first-order valence-corrected chi connectivity index (χ1v) is 8.50. The van der Waals surface area contributed by atoms with Gasteiger partial charge in [-0.25, -0.2) is 0 Å². The number of hydrogen-bond acceptors (Lipinski definition) is 2. The summed E-state index contributed by atoms with van der Waals surface area (Å²) < 4.78 is 6.14. The highest BCUT2D eigenvalue weighted by molar-refractivity contribution is 5.20. The average molecular weight is 279 g/mol. The molecular weight excluding hydrogens is 246 g/mol. The maximum absolute atomic E-state index is 6.14. The predicted octanol–water partition coefficient (Wildman–Crippen LogP) is 4.45. The van der Waals surface area contributed by atoms with Gasteiger partial charge in [-0.2, -0.15) is 0 Å². The average Bonchev–Trinajstić information content (AvgIpc) is 2.47. The molecule has 0 saturated heterocycles. The summed E-state index contributed by atoms with van der Waals surface area (Å²) in [6.07, 6.45) is 12.6. The first kappa shape index (κ1) is 16.0. The summed E-state index contributed by atoms with van der Waals surface area (Å²) >= 11 is 0. The third-order valence-electron chi connectivity index (χ3n) is 5.49. The van der Waals surface area contributed by atoms with Crippen molar-refractivity contribution in [1.82, 2.24) is 5.32 Å². The van der Waals surface area contributed by atoms with Crippen molar-refractivity contribution >= 4 is 0 Å². The number of hydrogen-bond donors (Lipinski definition) is 1. The molecule has 0 aromatic carbocycles. The van der Waals surface area contributed by atoms with Crippen LogP contribution in [0.5, 0.6) is 0 Å². The smallest absolute Gasteiger partial charge is 0.0869 e. The molecule has 1 fully saturated rings. The lowest BCUT2D eigenvalue weighted by Gasteiger charge is -2.48. The zero-order chi connectivity index (χ0) is 14.6. The second kappa shape index (κ2) is 6.62. The molecule has 1 N–H and O–H groups in total. The van der Waals surface area contributed by atoms with Crippen molar-refractivity contribution < 1.29 is 4.74 Å². The zero-order valence-electron chi connectivity index (χ0n) is 13.9. The molecule has 0 radical (unpaired) electrons. The van der Waals surface area contributed by atoms with Gasteiger partial charge in [0.2, 0.25) is 0 Å². The van der Waals surface area contributed by atoms with E-state index >= 15 is 0 Å². The molecule has 0 heterocycles. The van der Waals surface area contributed by atoms with Crippen molar-refractivity contribution in [2.45, 2.75) is 83.8 Å². The van der Waals surface area contributed by atoms with Crippen LogP contribution in [-0.2, 0) is 4.74 Å². The molecule has 1 unspecified atom stereocenters. The van der Waals surface area contributed by atoms with Gasteiger partial charge < -0.3 is 10.1 Å². The minimum Gasteiger partial charge on any atom is -0.376 e. The Bertz CT molecular complexity index is 335. The number of methoxy groups -OCH3 is 1. The van der Waals surface area contributed by atoms with Crippen LogP contribution < -0.4 is 5.32 Å². The van der Waals surface area contributed by atoms with E-state index in [2.05, 4.69) is 32.2 Å². The lowest BCUT2D eigenvalue weighted by atomic mass is 9.66. The summed E-state index contributed by atoms with van der Waals surface area (Å²) in [5.41, 5.74) is 2.12. The van der Waals surface area contributed by atoms with E-state index < -0.39 is 0 Å². The van der Waals surface area contributed by atoms with Crippen LogP contribution in [0.15, 0.2) is 11.6 Å². The van der Waals surface area contributed by atoms with Gasteiger partial charge >= 0.3 is 0 Å². The summed E-state index contributed by atoms with van der Waals surface area (Å²) in [6.45, 7) is 8.03. The molecule has 1 atom stereocenters. The Morgan fingerprint density at radius 1 is 1.20 bits per heavy atom. The number of likely N-dealkylation sites (N-methyl/N-ethyl adjacent to an activating group) is 1. The van der Waals surface area contributed by atoms with Crippen LogP contribution in [0.1, 0.15) is 72.1 Å². The fourth-order valence-corrected chi connectivity index (χ4v) is 3.94. The summed E-state index contributed by atoms with van der Waals surface area (Å²) in [5, 5.41) is 3.75. The Morgan fingerprint density at radius 3 is 2.40 bits per heavy atom. The monoisotopic (exact) mass is 279 g/mol. The highest BCUT2D eigenvalue weighted by atomic mass is 16.5. The molecule has 2 rings (SSSR count). The van der Waals surface area contributed by atoms with Gasteiger partial charge in [-0.15, -0.1) is 0 Å². The molecule has 2 nitrogen and oxygen atoms in total. The molecule has 0 aliphatic heterocycles. The van der Waals surface area contributed by atoms with E-state index in [0.29, 0.717) is 11.5 Å². The van der Waals surface area contributed by atoms with Crippen LogP contribution in [-0.4, -0.2) is 25.3 Å². The second-order valence-electron chi connectivity index (χ2n) is 7.45. The zero-order valence-corrected chi connectivity index (χ0v) is 13.9. The summed E-state index contributed by atoms with van der Waals surface area (Å²) in [7, 11) is 1.92. The van der Waals surface area contributed by atoms with Crippen LogP contribution >= 0.6 is 0 Å². The third kappa shape index (κ3) is 3.46. The lowest BCUT2D eigenvalue weighted by molar-refractivity contribution is -0.0788. The number of allylic oxidation sites excluding steroid dienone is 1. The van der Waals surface area contributed by atoms with Crippen LogP contribution in [0.25, 0.3) is 0 Å². The normalized spacial score (nSPS) is 26.9. The van der Waals surface area contributed by atoms with Gasteiger partial charge in [-0.3, -0.25) is 0 Å². The van der Waals surface area contributed by atoms with E-state index in [1.807, 2.05) is 7.11 Å². The maximum Gasteiger partial charge on any atom is 0.0869 e. The topological polar surface area (TPSA) is 21.3 Å². The molecule has 2 aliphatic rings. The molecular formula is C18H33NO. The van der Waals surface area contributed by atoms with Crippen molar-refractivity contribution in [2.24, 2.45) is 5.41 Å². The van der Waals surface area contributed by atoms with E-state index in [4.69, 9.17) is 4.74 Å². The van der Waals surface area contributed by atoms with Crippen molar-refractivity contribution in [3.63, 3.8) is 0 Å². The highest BCUT2D eigenvalue weighted by Gasteiger charge is 2.45. The second-order valence-corrected chi connectivity index (χ2v) is 7.45. The van der Waals surface area contributed by atoms with Crippen LogP contribution in [0, 0.1) is 5.41 Å². The van der Waals surface area contributed by atoms with E-state index in [1.54, 1.807) is 5.57 Å². The number of ether oxygens (including phenoxy) is 1. The Labute approximate surface area is 125 Å². The molecule has 1 saturated carbocycles. The largest absolute Gasteiger partial charge is 0.376 e. The summed E-state index contributed by atoms with van der Waals surface area (Å²) in [6, 6.07) is 0.425. The minimum absolute atomic E-state index is 0.0225. The summed E-state index contributed by atoms with van der Waals surface area (Å²) in [5.74, 6) is 0. The predicted molar refractivity (Wildman–Crippen MR) is 86.0 cm³/mol. The van der Waals surface area contributed by atoms with Crippen LogP contribution in [0.2, 0.25) is 0 Å². The van der Waals surface area contributed by atoms with Crippen molar-refractivity contribution in [1.29, 1.82) is 0 Å². The minimum atomic E-state index is 0.0225. The first-order valence-electron chi connectivity index (χ1n) is 8.50. The fraction of sp³-hybridized carbons (Fsp3) is 0.889. The molecule has 0 spiro atoms. The lowest BCUT2D eigenvalue weighted by Crippen LogP contribution is -2.55. The Hall–Kier alpha value is -0.340. The van der Waals surface area contributed by atoms with E-state index in [9.17, 15) is 0 Å². The fourth-order valence-electron chi connectivity index (χ4n) is 3.94. The summed E-state index contributed by atoms with van der Waals surface area (Å²) in [4.78, 5) is 0. The van der Waals surface area contributed by atoms with E-state index in [-0.39, 0.29) is 5.60 Å². The molecule has 0 amide bonds. The van der Waals surface area contributed by atoms with Crippen molar-refractivity contribution in [3.05, 3.63) is 11.6 Å². The Morgan fingerprint density at radius 2 is 1.90 bits per heavy atom. The van der Waals surface area contributed by atoms with Gasteiger partial charge in [0.1, 0.15) is 0 Å². The molecule has 116 valence electrons. The molecule has 20 heavy (non-hydrogen) atoms. The van der Waals surface area contributed by atoms with Crippen LogP contribution in [0.4, 0.5) is 0 Å². The van der Waals surface area contributed by atoms with Gasteiger partial charge in [0.15, 0.2) is 0 Å². The van der Waals surface area contributed by atoms with E-state index in [0.717, 1.165) is 6.54 Å². The molecule has 2 aliphatic carbocycles. The Kier molecular flexibility index (Phi) is 5.30. The Balaban J connectivity index is 2.19. The van der Waals surface area contributed by atoms with Crippen molar-refractivity contribution in [2.75, 3.05) is 13.7 Å². The number of nitrogens with one attached hydrogen (secondary N) is 1. The third-order valence-corrected chi connectivity index (χ3v) is 5.49. The molecule has 2 heteroatoms. The quantitative estimate of drug-likeness (QED) is 0.751. The van der Waals surface area contributed by atoms with Crippen molar-refractivity contribution in [3.8, 4) is 0 Å². The van der Waals surface area contributed by atoms with Gasteiger partial charge in [-0.05, 0) is 63.3 Å². The SMILES string of the molecule is CCNC(C1=CCCCC1)C1(OC)CCC(C)(C)CC1. The van der Waals surface area contributed by atoms with Gasteiger partial charge in [0, 0.05) is 7.11 Å². The standard InChI is InChI=1S/C18H33NO/c1-5-19-16(15-9-7-6-8-10-15)18(20-4)13-11-17(2,3)12-14-18/h9,16,19H,5-8,10-14H2,1-4H3. The highest BCUT2D eigenvalue weighted by Crippen LogP contribution is 2.45. The first-order chi connectivity index (χ1) is 9.53. The van der Waals surface area contributed by atoms with Gasteiger partial charge in [0.25, 0.3) is 0 Å². The van der Waals surface area contributed by atoms with Gasteiger partial charge in [0.05, 0.1) is 11.6 Å².